The van der Waals surface area contributed by atoms with Crippen molar-refractivity contribution in [3.05, 3.63) is 48.0 Å². The van der Waals surface area contributed by atoms with Crippen molar-refractivity contribution in [1.29, 1.82) is 0 Å². The molecule has 0 saturated carbocycles. The van der Waals surface area contributed by atoms with Gasteiger partial charge in [0.2, 0.25) is 0 Å². The summed E-state index contributed by atoms with van der Waals surface area (Å²) in [6, 6.07) is 6.30. The Kier molecular flexibility index (Phi) is 3.32. The highest BCUT2D eigenvalue weighted by molar-refractivity contribution is 5.47. The molecule has 0 spiro atoms. The molecule has 0 fully saturated rings. The number of hydrogen-bond acceptors (Lipinski definition) is 2. The van der Waals surface area contributed by atoms with Crippen molar-refractivity contribution < 1.29 is 9.50 Å². The van der Waals surface area contributed by atoms with Crippen LogP contribution in [0.25, 0.3) is 0 Å². The molecule has 0 radical (unpaired) electrons. The Morgan fingerprint density at radius 1 is 1.35 bits per heavy atom. The van der Waals surface area contributed by atoms with E-state index in [0.717, 1.165) is 12.1 Å². The van der Waals surface area contributed by atoms with E-state index < -0.39 is 5.82 Å². The van der Waals surface area contributed by atoms with E-state index in [-0.39, 0.29) is 5.75 Å². The number of benzene rings is 1. The fraction of sp³-hybridized carbons (Fsp3) is 0.231. The van der Waals surface area contributed by atoms with Crippen LogP contribution in [0.2, 0.25) is 0 Å². The standard InChI is InChI=1S/C13H15FN2O/c1-2-16-6-5-10(9-16)8-15-11-3-4-13(17)12(14)7-11/h3-7,9,15,17H,2,8H2,1H3. The second-order valence-corrected chi connectivity index (χ2v) is 3.87. The lowest BCUT2D eigenvalue weighted by Crippen LogP contribution is -1.99. The van der Waals surface area contributed by atoms with E-state index in [1.807, 2.05) is 18.5 Å². The maximum absolute atomic E-state index is 13.1. The van der Waals surface area contributed by atoms with Gasteiger partial charge in [0.05, 0.1) is 0 Å². The quantitative estimate of drug-likeness (QED) is 0.798. The third kappa shape index (κ3) is 2.78. The average molecular weight is 234 g/mol. The number of hydrogen-bond donors (Lipinski definition) is 2. The van der Waals surface area contributed by atoms with E-state index in [1.54, 1.807) is 6.07 Å². The third-order valence-electron chi connectivity index (χ3n) is 2.62. The number of halogens is 1. The molecule has 1 aromatic heterocycles. The van der Waals surface area contributed by atoms with Gasteiger partial charge in [-0.05, 0) is 30.7 Å². The fourth-order valence-corrected chi connectivity index (χ4v) is 1.61. The fourth-order valence-electron chi connectivity index (χ4n) is 1.61. The summed E-state index contributed by atoms with van der Waals surface area (Å²) < 4.78 is 15.1. The minimum atomic E-state index is -0.610. The topological polar surface area (TPSA) is 37.2 Å². The number of nitrogens with zero attached hydrogens (tertiary/aromatic N) is 1. The molecule has 2 rings (SSSR count). The van der Waals surface area contributed by atoms with Crippen LogP contribution >= 0.6 is 0 Å². The highest BCUT2D eigenvalue weighted by Gasteiger charge is 2.01. The maximum Gasteiger partial charge on any atom is 0.166 e. The molecule has 1 heterocycles. The van der Waals surface area contributed by atoms with Gasteiger partial charge < -0.3 is 15.0 Å². The number of phenols is 1. The van der Waals surface area contributed by atoms with Gasteiger partial charge in [0.25, 0.3) is 0 Å². The molecular formula is C13H15FN2O. The Balaban J connectivity index is 1.99. The maximum atomic E-state index is 13.1. The lowest BCUT2D eigenvalue weighted by molar-refractivity contribution is 0.432. The number of rotatable bonds is 4. The summed E-state index contributed by atoms with van der Waals surface area (Å²) >= 11 is 0. The number of phenolic OH excluding ortho intramolecular Hbond substituents is 1. The van der Waals surface area contributed by atoms with Crippen LogP contribution in [0, 0.1) is 5.82 Å². The monoisotopic (exact) mass is 234 g/mol. The van der Waals surface area contributed by atoms with Gasteiger partial charge in [0, 0.05) is 37.2 Å². The Morgan fingerprint density at radius 3 is 2.82 bits per heavy atom. The lowest BCUT2D eigenvalue weighted by atomic mass is 10.2. The third-order valence-corrected chi connectivity index (χ3v) is 2.62. The van der Waals surface area contributed by atoms with Crippen molar-refractivity contribution in [3.63, 3.8) is 0 Å². The molecule has 0 atom stereocenters. The molecule has 2 N–H and O–H groups in total. The first-order valence-corrected chi connectivity index (χ1v) is 5.56. The molecule has 0 amide bonds. The van der Waals surface area contributed by atoms with Crippen molar-refractivity contribution in [3.8, 4) is 5.75 Å². The van der Waals surface area contributed by atoms with Gasteiger partial charge in [0.1, 0.15) is 0 Å². The number of aromatic nitrogens is 1. The molecule has 0 unspecified atom stereocenters. The van der Waals surface area contributed by atoms with Crippen LogP contribution in [0.5, 0.6) is 5.75 Å². The van der Waals surface area contributed by atoms with Crippen molar-refractivity contribution in [2.45, 2.75) is 20.0 Å². The SMILES string of the molecule is CCn1ccc(CNc2ccc(O)c(F)c2)c1. The molecule has 17 heavy (non-hydrogen) atoms. The minimum absolute atomic E-state index is 0.326. The normalized spacial score (nSPS) is 10.5. The van der Waals surface area contributed by atoms with Crippen LogP contribution in [0.4, 0.5) is 10.1 Å². The zero-order chi connectivity index (χ0) is 12.3. The Labute approximate surface area is 99.5 Å². The van der Waals surface area contributed by atoms with Gasteiger partial charge in [-0.1, -0.05) is 0 Å². The van der Waals surface area contributed by atoms with Crippen LogP contribution in [0.15, 0.2) is 36.7 Å². The lowest BCUT2D eigenvalue weighted by Gasteiger charge is -2.05. The van der Waals surface area contributed by atoms with Crippen molar-refractivity contribution in [2.24, 2.45) is 0 Å². The molecule has 4 heteroatoms. The highest BCUT2D eigenvalue weighted by Crippen LogP contribution is 2.19. The van der Waals surface area contributed by atoms with Gasteiger partial charge in [-0.3, -0.25) is 0 Å². The molecule has 0 aliphatic rings. The summed E-state index contributed by atoms with van der Waals surface area (Å²) in [5, 5.41) is 12.2. The molecule has 0 aliphatic heterocycles. The van der Waals surface area contributed by atoms with Gasteiger partial charge in [-0.25, -0.2) is 4.39 Å². The molecule has 1 aromatic carbocycles. The summed E-state index contributed by atoms with van der Waals surface area (Å²) in [4.78, 5) is 0. The Morgan fingerprint density at radius 2 is 2.18 bits per heavy atom. The van der Waals surface area contributed by atoms with Crippen LogP contribution in [-0.2, 0) is 13.1 Å². The number of anilines is 1. The molecule has 90 valence electrons. The predicted octanol–water partition coefficient (Wildman–Crippen LogP) is 2.96. The van der Waals surface area contributed by atoms with Crippen LogP contribution in [-0.4, -0.2) is 9.67 Å². The van der Waals surface area contributed by atoms with E-state index in [2.05, 4.69) is 16.8 Å². The van der Waals surface area contributed by atoms with Gasteiger partial charge in [-0.15, -0.1) is 0 Å². The predicted molar refractivity (Wildman–Crippen MR) is 65.5 cm³/mol. The van der Waals surface area contributed by atoms with Crippen LogP contribution in [0.3, 0.4) is 0 Å². The molecular weight excluding hydrogens is 219 g/mol. The van der Waals surface area contributed by atoms with E-state index in [9.17, 15) is 4.39 Å². The van der Waals surface area contributed by atoms with Gasteiger partial charge in [0.15, 0.2) is 11.6 Å². The smallest absolute Gasteiger partial charge is 0.166 e. The molecule has 3 nitrogen and oxygen atoms in total. The second-order valence-electron chi connectivity index (χ2n) is 3.87. The summed E-state index contributed by atoms with van der Waals surface area (Å²) in [5.41, 5.74) is 1.80. The van der Waals surface area contributed by atoms with Gasteiger partial charge >= 0.3 is 0 Å². The van der Waals surface area contributed by atoms with E-state index in [0.29, 0.717) is 12.2 Å². The average Bonchev–Trinajstić information content (AvgIpc) is 2.79. The number of aromatic hydroxyl groups is 1. The van der Waals surface area contributed by atoms with E-state index in [1.165, 1.54) is 12.1 Å². The summed E-state index contributed by atoms with van der Waals surface area (Å²) in [6.45, 7) is 3.65. The summed E-state index contributed by atoms with van der Waals surface area (Å²) in [5.74, 6) is -0.936. The van der Waals surface area contributed by atoms with Gasteiger partial charge in [-0.2, -0.15) is 0 Å². The Hall–Kier alpha value is -1.97. The number of nitrogens with one attached hydrogen (secondary N) is 1. The molecule has 0 bridgehead atoms. The number of aryl methyl sites for hydroxylation is 1. The minimum Gasteiger partial charge on any atom is -0.505 e. The van der Waals surface area contributed by atoms with Crippen molar-refractivity contribution in [2.75, 3.05) is 5.32 Å². The van der Waals surface area contributed by atoms with E-state index in [4.69, 9.17) is 5.11 Å². The first kappa shape index (κ1) is 11.5. The Bertz CT molecular complexity index is 508. The van der Waals surface area contributed by atoms with Crippen molar-refractivity contribution in [1.82, 2.24) is 4.57 Å². The highest BCUT2D eigenvalue weighted by atomic mass is 19.1. The van der Waals surface area contributed by atoms with Crippen molar-refractivity contribution >= 4 is 5.69 Å². The van der Waals surface area contributed by atoms with Crippen LogP contribution < -0.4 is 5.32 Å². The second kappa shape index (κ2) is 4.91. The van der Waals surface area contributed by atoms with E-state index >= 15 is 0 Å². The summed E-state index contributed by atoms with van der Waals surface area (Å²) in [6.07, 6.45) is 4.05. The molecule has 2 aromatic rings. The zero-order valence-corrected chi connectivity index (χ0v) is 9.65. The zero-order valence-electron chi connectivity index (χ0n) is 9.65. The molecule has 0 saturated heterocycles. The largest absolute Gasteiger partial charge is 0.505 e. The summed E-state index contributed by atoms with van der Waals surface area (Å²) in [7, 11) is 0. The first-order valence-electron chi connectivity index (χ1n) is 5.56. The first-order chi connectivity index (χ1) is 8.19. The molecule has 0 aliphatic carbocycles. The van der Waals surface area contributed by atoms with Crippen LogP contribution in [0.1, 0.15) is 12.5 Å².